The van der Waals surface area contributed by atoms with Crippen LogP contribution in [0.15, 0.2) is 18.3 Å². The number of aromatic nitrogens is 1. The van der Waals surface area contributed by atoms with Crippen molar-refractivity contribution in [1.29, 1.82) is 0 Å². The van der Waals surface area contributed by atoms with Crippen LogP contribution in [0.3, 0.4) is 0 Å². The van der Waals surface area contributed by atoms with Crippen LogP contribution in [0.4, 0.5) is 5.69 Å². The molecule has 0 bridgehead atoms. The number of carbonyl (C=O) groups is 1. The molecule has 1 aromatic heterocycles. The summed E-state index contributed by atoms with van der Waals surface area (Å²) in [6.45, 7) is 1.26. The third kappa shape index (κ3) is 4.00. The molecule has 2 N–H and O–H groups in total. The van der Waals surface area contributed by atoms with Crippen LogP contribution in [0, 0.1) is 0 Å². The molecule has 5 nitrogen and oxygen atoms in total. The standard InChI is InChI=1S/C13H19N3O2/c1-18-8-2-6-15-13(17)12-9-11(5-7-14-12)16-10-3-4-10/h5,7,9-10H,2-4,6,8H2,1H3,(H,14,16)(H,15,17). The van der Waals surface area contributed by atoms with E-state index in [1.807, 2.05) is 6.07 Å². The van der Waals surface area contributed by atoms with Crippen molar-refractivity contribution in [2.45, 2.75) is 25.3 Å². The van der Waals surface area contributed by atoms with E-state index < -0.39 is 0 Å². The van der Waals surface area contributed by atoms with Crippen LogP contribution in [0.25, 0.3) is 0 Å². The maximum atomic E-state index is 11.8. The molecule has 1 fully saturated rings. The van der Waals surface area contributed by atoms with E-state index in [0.29, 0.717) is 24.9 Å². The highest BCUT2D eigenvalue weighted by molar-refractivity contribution is 5.93. The number of nitrogens with one attached hydrogen (secondary N) is 2. The van der Waals surface area contributed by atoms with Crippen LogP contribution in [0.5, 0.6) is 0 Å². The Bertz CT molecular complexity index is 405. The van der Waals surface area contributed by atoms with Crippen molar-refractivity contribution in [2.24, 2.45) is 0 Å². The van der Waals surface area contributed by atoms with Gasteiger partial charge in [-0.3, -0.25) is 9.78 Å². The minimum absolute atomic E-state index is 0.134. The number of hydrogen-bond donors (Lipinski definition) is 2. The number of rotatable bonds is 7. The topological polar surface area (TPSA) is 63.2 Å². The van der Waals surface area contributed by atoms with Crippen molar-refractivity contribution < 1.29 is 9.53 Å². The molecule has 1 amide bonds. The van der Waals surface area contributed by atoms with Gasteiger partial charge in [0.25, 0.3) is 5.91 Å². The molecule has 1 aliphatic carbocycles. The number of hydrogen-bond acceptors (Lipinski definition) is 4. The third-order valence-corrected chi connectivity index (χ3v) is 2.75. The lowest BCUT2D eigenvalue weighted by Crippen LogP contribution is -2.26. The van der Waals surface area contributed by atoms with Gasteiger partial charge in [-0.05, 0) is 31.4 Å². The van der Waals surface area contributed by atoms with Gasteiger partial charge >= 0.3 is 0 Å². The quantitative estimate of drug-likeness (QED) is 0.717. The number of pyridine rings is 1. The predicted octanol–water partition coefficient (Wildman–Crippen LogP) is 1.42. The maximum Gasteiger partial charge on any atom is 0.269 e. The highest BCUT2D eigenvalue weighted by atomic mass is 16.5. The van der Waals surface area contributed by atoms with E-state index in [0.717, 1.165) is 12.1 Å². The Morgan fingerprint density at radius 3 is 3.11 bits per heavy atom. The Balaban J connectivity index is 1.84. The van der Waals surface area contributed by atoms with Gasteiger partial charge in [0.1, 0.15) is 5.69 Å². The predicted molar refractivity (Wildman–Crippen MR) is 69.7 cm³/mol. The summed E-state index contributed by atoms with van der Waals surface area (Å²) in [6, 6.07) is 4.26. The lowest BCUT2D eigenvalue weighted by atomic mass is 10.3. The molecule has 0 aliphatic heterocycles. The first kappa shape index (κ1) is 12.8. The molecule has 1 saturated carbocycles. The summed E-state index contributed by atoms with van der Waals surface area (Å²) in [5, 5.41) is 6.17. The molecule has 18 heavy (non-hydrogen) atoms. The molecule has 0 radical (unpaired) electrons. The van der Waals surface area contributed by atoms with E-state index in [-0.39, 0.29) is 5.91 Å². The van der Waals surface area contributed by atoms with E-state index in [1.54, 1.807) is 19.4 Å². The van der Waals surface area contributed by atoms with Gasteiger partial charge in [0.15, 0.2) is 0 Å². The molecule has 0 aromatic carbocycles. The van der Waals surface area contributed by atoms with Crippen LogP contribution in [0.1, 0.15) is 29.8 Å². The van der Waals surface area contributed by atoms with Crippen molar-refractivity contribution in [3.8, 4) is 0 Å². The normalized spacial score (nSPS) is 14.3. The highest BCUT2D eigenvalue weighted by Crippen LogP contribution is 2.24. The minimum Gasteiger partial charge on any atom is -0.385 e. The largest absolute Gasteiger partial charge is 0.385 e. The first-order valence-corrected chi connectivity index (χ1v) is 6.29. The number of amides is 1. The van der Waals surface area contributed by atoms with Gasteiger partial charge in [-0.15, -0.1) is 0 Å². The fourth-order valence-corrected chi connectivity index (χ4v) is 1.62. The van der Waals surface area contributed by atoms with Crippen molar-refractivity contribution >= 4 is 11.6 Å². The lowest BCUT2D eigenvalue weighted by molar-refractivity contribution is 0.0943. The minimum atomic E-state index is -0.134. The first-order valence-electron chi connectivity index (χ1n) is 6.29. The monoisotopic (exact) mass is 249 g/mol. The van der Waals surface area contributed by atoms with E-state index in [9.17, 15) is 4.79 Å². The fraction of sp³-hybridized carbons (Fsp3) is 0.538. The van der Waals surface area contributed by atoms with Gasteiger partial charge in [-0.1, -0.05) is 0 Å². The lowest BCUT2D eigenvalue weighted by Gasteiger charge is -2.07. The average molecular weight is 249 g/mol. The molecular formula is C13H19N3O2. The summed E-state index contributed by atoms with van der Waals surface area (Å²) >= 11 is 0. The van der Waals surface area contributed by atoms with Gasteiger partial charge < -0.3 is 15.4 Å². The van der Waals surface area contributed by atoms with Crippen molar-refractivity contribution in [1.82, 2.24) is 10.3 Å². The molecular weight excluding hydrogens is 230 g/mol. The van der Waals surface area contributed by atoms with Crippen molar-refractivity contribution in [3.05, 3.63) is 24.0 Å². The number of methoxy groups -OCH3 is 1. The molecule has 0 spiro atoms. The molecule has 5 heteroatoms. The third-order valence-electron chi connectivity index (χ3n) is 2.75. The molecule has 1 heterocycles. The van der Waals surface area contributed by atoms with Crippen molar-refractivity contribution in [2.75, 3.05) is 25.6 Å². The van der Waals surface area contributed by atoms with E-state index in [1.165, 1.54) is 12.8 Å². The van der Waals surface area contributed by atoms with Crippen LogP contribution in [-0.2, 0) is 4.74 Å². The molecule has 2 rings (SSSR count). The van der Waals surface area contributed by atoms with Gasteiger partial charge in [0, 0.05) is 38.2 Å². The second-order valence-corrected chi connectivity index (χ2v) is 4.45. The van der Waals surface area contributed by atoms with Crippen LogP contribution >= 0.6 is 0 Å². The zero-order valence-electron chi connectivity index (χ0n) is 10.6. The Morgan fingerprint density at radius 2 is 2.39 bits per heavy atom. The summed E-state index contributed by atoms with van der Waals surface area (Å²) < 4.78 is 4.92. The summed E-state index contributed by atoms with van der Waals surface area (Å²) in [7, 11) is 1.65. The second kappa shape index (κ2) is 6.35. The SMILES string of the molecule is COCCCNC(=O)c1cc(NC2CC2)ccn1. The average Bonchev–Trinajstić information content (AvgIpc) is 3.19. The highest BCUT2D eigenvalue weighted by Gasteiger charge is 2.21. The van der Waals surface area contributed by atoms with Crippen molar-refractivity contribution in [3.63, 3.8) is 0 Å². The number of nitrogens with zero attached hydrogens (tertiary/aromatic N) is 1. The summed E-state index contributed by atoms with van der Waals surface area (Å²) in [5.41, 5.74) is 1.42. The Kier molecular flexibility index (Phi) is 4.52. The number of ether oxygens (including phenoxy) is 1. The fourth-order valence-electron chi connectivity index (χ4n) is 1.62. The Morgan fingerprint density at radius 1 is 1.56 bits per heavy atom. The smallest absolute Gasteiger partial charge is 0.269 e. The molecule has 1 aromatic rings. The molecule has 0 atom stereocenters. The van der Waals surface area contributed by atoms with E-state index in [2.05, 4.69) is 15.6 Å². The Labute approximate surface area is 107 Å². The zero-order valence-corrected chi connectivity index (χ0v) is 10.6. The second-order valence-electron chi connectivity index (χ2n) is 4.45. The van der Waals surface area contributed by atoms with Gasteiger partial charge in [-0.25, -0.2) is 0 Å². The molecule has 0 saturated heterocycles. The number of carbonyl (C=O) groups excluding carboxylic acids is 1. The van der Waals surface area contributed by atoms with E-state index in [4.69, 9.17) is 4.74 Å². The zero-order chi connectivity index (χ0) is 12.8. The van der Waals surface area contributed by atoms with Gasteiger partial charge in [0.05, 0.1) is 0 Å². The summed E-state index contributed by atoms with van der Waals surface area (Å²) in [6.07, 6.45) is 4.89. The number of anilines is 1. The Hall–Kier alpha value is -1.62. The molecule has 0 unspecified atom stereocenters. The molecule has 1 aliphatic rings. The summed E-state index contributed by atoms with van der Waals surface area (Å²) in [5.74, 6) is -0.134. The first-order chi connectivity index (χ1) is 8.79. The van der Waals surface area contributed by atoms with Gasteiger partial charge in [-0.2, -0.15) is 0 Å². The summed E-state index contributed by atoms with van der Waals surface area (Å²) in [4.78, 5) is 15.9. The van der Waals surface area contributed by atoms with Crippen LogP contribution in [-0.4, -0.2) is 37.2 Å². The van der Waals surface area contributed by atoms with Crippen LogP contribution < -0.4 is 10.6 Å². The van der Waals surface area contributed by atoms with Crippen LogP contribution in [0.2, 0.25) is 0 Å². The maximum absolute atomic E-state index is 11.8. The van der Waals surface area contributed by atoms with Gasteiger partial charge in [0.2, 0.25) is 0 Å². The van der Waals surface area contributed by atoms with E-state index >= 15 is 0 Å². The molecule has 98 valence electrons.